The molecule has 116 valence electrons. The van der Waals surface area contributed by atoms with E-state index in [1.807, 2.05) is 24.5 Å². The minimum Gasteiger partial charge on any atom is -0.432 e. The Morgan fingerprint density at radius 2 is 2.00 bits per heavy atom. The number of carbonyl (C=O) groups is 1. The summed E-state index contributed by atoms with van der Waals surface area (Å²) in [6, 6.07) is 13.3. The van der Waals surface area contributed by atoms with E-state index in [4.69, 9.17) is 4.42 Å². The summed E-state index contributed by atoms with van der Waals surface area (Å²) >= 11 is 1.59. The third kappa shape index (κ3) is 3.60. The molecule has 1 N–H and O–H groups in total. The molecular formula is C17H13FN2O2S. The number of carbonyl (C=O) groups excluding carboxylic acids is 1. The second-order valence-corrected chi connectivity index (χ2v) is 5.60. The Kier molecular flexibility index (Phi) is 4.43. The van der Waals surface area contributed by atoms with Crippen LogP contribution >= 0.6 is 11.8 Å². The number of thioether (sulfide) groups is 1. The van der Waals surface area contributed by atoms with E-state index in [-0.39, 0.29) is 11.7 Å². The van der Waals surface area contributed by atoms with Gasteiger partial charge in [0.1, 0.15) is 5.82 Å². The van der Waals surface area contributed by atoms with Gasteiger partial charge >= 0.3 is 5.91 Å². The van der Waals surface area contributed by atoms with Crippen molar-refractivity contribution in [1.82, 2.24) is 4.98 Å². The number of hydrogen-bond acceptors (Lipinski definition) is 4. The van der Waals surface area contributed by atoms with Crippen LogP contribution in [0.4, 0.5) is 10.1 Å². The molecule has 0 aliphatic carbocycles. The molecule has 0 bridgehead atoms. The van der Waals surface area contributed by atoms with Crippen LogP contribution in [0.5, 0.6) is 0 Å². The zero-order valence-electron chi connectivity index (χ0n) is 12.2. The Morgan fingerprint density at radius 3 is 2.74 bits per heavy atom. The number of nitrogens with one attached hydrogen (secondary N) is 1. The lowest BCUT2D eigenvalue weighted by Gasteiger charge is -2.04. The van der Waals surface area contributed by atoms with Gasteiger partial charge in [0.15, 0.2) is 5.76 Å². The van der Waals surface area contributed by atoms with Gasteiger partial charge in [0.25, 0.3) is 5.89 Å². The molecule has 1 amide bonds. The van der Waals surface area contributed by atoms with Gasteiger partial charge in [-0.3, -0.25) is 4.79 Å². The summed E-state index contributed by atoms with van der Waals surface area (Å²) in [5.74, 6) is -0.400. The van der Waals surface area contributed by atoms with Crippen LogP contribution in [0.1, 0.15) is 10.7 Å². The SMILES string of the molecule is CSc1cccc(NC(=O)c2ncc(-c3ccc(F)cc3)o2)c1. The van der Waals surface area contributed by atoms with Gasteiger partial charge in [-0.1, -0.05) is 6.07 Å². The minimum atomic E-state index is -0.434. The summed E-state index contributed by atoms with van der Waals surface area (Å²) in [5.41, 5.74) is 1.32. The molecule has 3 aromatic rings. The predicted molar refractivity (Wildman–Crippen MR) is 88.1 cm³/mol. The molecule has 0 radical (unpaired) electrons. The lowest BCUT2D eigenvalue weighted by Crippen LogP contribution is -2.12. The molecule has 0 spiro atoms. The Hall–Kier alpha value is -2.60. The van der Waals surface area contributed by atoms with Crippen LogP contribution < -0.4 is 5.32 Å². The normalized spacial score (nSPS) is 10.5. The van der Waals surface area contributed by atoms with Gasteiger partial charge in [-0.25, -0.2) is 9.37 Å². The van der Waals surface area contributed by atoms with E-state index < -0.39 is 5.91 Å². The van der Waals surface area contributed by atoms with Gasteiger partial charge in [0, 0.05) is 16.1 Å². The molecule has 23 heavy (non-hydrogen) atoms. The molecule has 1 heterocycles. The number of amides is 1. The van der Waals surface area contributed by atoms with Crippen molar-refractivity contribution in [2.24, 2.45) is 0 Å². The first kappa shape index (κ1) is 15.3. The van der Waals surface area contributed by atoms with E-state index in [9.17, 15) is 9.18 Å². The van der Waals surface area contributed by atoms with Gasteiger partial charge in [-0.15, -0.1) is 11.8 Å². The van der Waals surface area contributed by atoms with Crippen molar-refractivity contribution in [2.45, 2.75) is 4.90 Å². The average molecular weight is 328 g/mol. The molecule has 0 fully saturated rings. The molecular weight excluding hydrogens is 315 g/mol. The summed E-state index contributed by atoms with van der Waals surface area (Å²) in [6.45, 7) is 0. The molecule has 0 unspecified atom stereocenters. The molecule has 6 heteroatoms. The number of anilines is 1. The van der Waals surface area contributed by atoms with Crippen LogP contribution in [0.3, 0.4) is 0 Å². The third-order valence-corrected chi connectivity index (χ3v) is 3.88. The number of benzene rings is 2. The maximum atomic E-state index is 12.9. The minimum absolute atomic E-state index is 0.0427. The Labute approximate surface area is 136 Å². The molecule has 0 saturated heterocycles. The summed E-state index contributed by atoms with van der Waals surface area (Å²) in [5, 5.41) is 2.74. The van der Waals surface area contributed by atoms with E-state index >= 15 is 0 Å². The molecule has 0 atom stereocenters. The van der Waals surface area contributed by atoms with Crippen molar-refractivity contribution in [3.63, 3.8) is 0 Å². The quantitative estimate of drug-likeness (QED) is 0.719. The van der Waals surface area contributed by atoms with E-state index in [2.05, 4.69) is 10.3 Å². The van der Waals surface area contributed by atoms with E-state index in [1.54, 1.807) is 30.0 Å². The first-order chi connectivity index (χ1) is 11.2. The Morgan fingerprint density at radius 1 is 1.22 bits per heavy atom. The molecule has 1 aromatic heterocycles. The Balaban J connectivity index is 1.76. The van der Waals surface area contributed by atoms with Crippen LogP contribution in [0.15, 0.2) is 64.0 Å². The average Bonchev–Trinajstić information content (AvgIpc) is 3.06. The van der Waals surface area contributed by atoms with Crippen LogP contribution in [0, 0.1) is 5.82 Å². The lowest BCUT2D eigenvalue weighted by molar-refractivity contribution is 0.0991. The first-order valence-electron chi connectivity index (χ1n) is 6.83. The van der Waals surface area contributed by atoms with Gasteiger partial charge in [-0.05, 0) is 48.7 Å². The van der Waals surface area contributed by atoms with Crippen molar-refractivity contribution in [2.75, 3.05) is 11.6 Å². The Bertz CT molecular complexity index is 831. The van der Waals surface area contributed by atoms with Gasteiger partial charge in [0.05, 0.1) is 6.20 Å². The fraction of sp³-hybridized carbons (Fsp3) is 0.0588. The highest BCUT2D eigenvalue weighted by Crippen LogP contribution is 2.22. The summed E-state index contributed by atoms with van der Waals surface area (Å²) in [6.07, 6.45) is 3.41. The molecule has 0 saturated carbocycles. The standard InChI is InChI=1S/C17H13FN2O2S/c1-23-14-4-2-3-13(9-14)20-16(21)17-19-10-15(22-17)11-5-7-12(18)8-6-11/h2-10H,1H3,(H,20,21). The van der Waals surface area contributed by atoms with Crippen molar-refractivity contribution < 1.29 is 13.6 Å². The topological polar surface area (TPSA) is 55.1 Å². The summed E-state index contributed by atoms with van der Waals surface area (Å²) in [4.78, 5) is 17.2. The van der Waals surface area contributed by atoms with Crippen LogP contribution in [-0.2, 0) is 0 Å². The number of oxazole rings is 1. The monoisotopic (exact) mass is 328 g/mol. The smallest absolute Gasteiger partial charge is 0.311 e. The van der Waals surface area contributed by atoms with Crippen LogP contribution in [0.2, 0.25) is 0 Å². The van der Waals surface area contributed by atoms with E-state index in [0.29, 0.717) is 17.0 Å². The zero-order chi connectivity index (χ0) is 16.2. The maximum absolute atomic E-state index is 12.9. The van der Waals surface area contributed by atoms with E-state index in [0.717, 1.165) is 4.90 Å². The largest absolute Gasteiger partial charge is 0.432 e. The van der Waals surface area contributed by atoms with Gasteiger partial charge < -0.3 is 9.73 Å². The molecule has 2 aromatic carbocycles. The highest BCUT2D eigenvalue weighted by atomic mass is 32.2. The van der Waals surface area contributed by atoms with E-state index in [1.165, 1.54) is 18.3 Å². The number of hydrogen-bond donors (Lipinski definition) is 1. The number of halogens is 1. The summed E-state index contributed by atoms with van der Waals surface area (Å²) in [7, 11) is 0. The molecule has 0 aliphatic rings. The molecule has 4 nitrogen and oxygen atoms in total. The van der Waals surface area contributed by atoms with Crippen LogP contribution in [-0.4, -0.2) is 17.1 Å². The third-order valence-electron chi connectivity index (χ3n) is 3.16. The van der Waals surface area contributed by atoms with Crippen molar-refractivity contribution in [1.29, 1.82) is 0 Å². The number of nitrogens with zero attached hydrogens (tertiary/aromatic N) is 1. The highest BCUT2D eigenvalue weighted by molar-refractivity contribution is 7.98. The second-order valence-electron chi connectivity index (χ2n) is 4.72. The predicted octanol–water partition coefficient (Wildman–Crippen LogP) is 4.45. The second kappa shape index (κ2) is 6.66. The van der Waals surface area contributed by atoms with Crippen molar-refractivity contribution in [3.8, 4) is 11.3 Å². The highest BCUT2D eigenvalue weighted by Gasteiger charge is 2.14. The van der Waals surface area contributed by atoms with Crippen molar-refractivity contribution in [3.05, 3.63) is 66.4 Å². The molecule has 0 aliphatic heterocycles. The lowest BCUT2D eigenvalue weighted by atomic mass is 10.2. The first-order valence-corrected chi connectivity index (χ1v) is 8.05. The van der Waals surface area contributed by atoms with Crippen molar-refractivity contribution >= 4 is 23.4 Å². The zero-order valence-corrected chi connectivity index (χ0v) is 13.1. The summed E-state index contributed by atoms with van der Waals surface area (Å²) < 4.78 is 18.4. The van der Waals surface area contributed by atoms with Crippen LogP contribution in [0.25, 0.3) is 11.3 Å². The molecule has 3 rings (SSSR count). The van der Waals surface area contributed by atoms with Gasteiger partial charge in [-0.2, -0.15) is 0 Å². The number of rotatable bonds is 4. The fourth-order valence-electron chi connectivity index (χ4n) is 2.01. The number of aromatic nitrogens is 1. The maximum Gasteiger partial charge on any atom is 0.311 e. The fourth-order valence-corrected chi connectivity index (χ4v) is 2.47. The van der Waals surface area contributed by atoms with Gasteiger partial charge in [0.2, 0.25) is 0 Å².